The minimum absolute atomic E-state index is 0.204. The van der Waals surface area contributed by atoms with Crippen LogP contribution in [0, 0.1) is 32.1 Å². The predicted molar refractivity (Wildman–Crippen MR) is 119 cm³/mol. The van der Waals surface area contributed by atoms with E-state index in [9.17, 15) is 5.26 Å². The summed E-state index contributed by atoms with van der Waals surface area (Å²) >= 11 is 0. The van der Waals surface area contributed by atoms with Crippen LogP contribution in [0.25, 0.3) is 28.9 Å². The molecule has 4 aromatic rings. The monoisotopic (exact) mass is 412 g/mol. The third-order valence-electron chi connectivity index (χ3n) is 5.22. The smallest absolute Gasteiger partial charge is 0.268 e. The summed E-state index contributed by atoms with van der Waals surface area (Å²) in [5, 5.41) is 18.2. The molecule has 0 amide bonds. The molecular formula is C24H24N6O. The van der Waals surface area contributed by atoms with Crippen molar-refractivity contribution in [1.82, 2.24) is 24.5 Å². The van der Waals surface area contributed by atoms with Gasteiger partial charge in [0.25, 0.3) is 5.89 Å². The molecule has 0 atom stereocenters. The molecule has 1 aromatic carbocycles. The summed E-state index contributed by atoms with van der Waals surface area (Å²) in [6, 6.07) is 14.3. The van der Waals surface area contributed by atoms with Gasteiger partial charge in [0.1, 0.15) is 17.5 Å². The maximum Gasteiger partial charge on any atom is 0.268 e. The van der Waals surface area contributed by atoms with E-state index in [0.29, 0.717) is 11.4 Å². The van der Waals surface area contributed by atoms with Gasteiger partial charge < -0.3 is 9.09 Å². The molecule has 156 valence electrons. The summed E-state index contributed by atoms with van der Waals surface area (Å²) in [6.07, 6.45) is 3.59. The van der Waals surface area contributed by atoms with Crippen LogP contribution in [0.4, 0.5) is 0 Å². The first kappa shape index (κ1) is 20.4. The molecule has 0 saturated carbocycles. The van der Waals surface area contributed by atoms with E-state index >= 15 is 0 Å². The molecule has 0 N–H and O–H groups in total. The van der Waals surface area contributed by atoms with Gasteiger partial charge in [0.05, 0.1) is 6.20 Å². The van der Waals surface area contributed by atoms with Crippen molar-refractivity contribution in [1.29, 1.82) is 5.26 Å². The van der Waals surface area contributed by atoms with Crippen LogP contribution < -0.4 is 0 Å². The SMILES string of the molecule is Cc1ccc(-c2noc(/C(C#N)=C/c3cc(C)n(-c4ccnn4C(C)C)c3C)n2)cc1. The summed E-state index contributed by atoms with van der Waals surface area (Å²) in [5.74, 6) is 1.65. The number of rotatable bonds is 5. The molecule has 0 aliphatic rings. The van der Waals surface area contributed by atoms with Crippen molar-refractivity contribution in [3.8, 4) is 23.3 Å². The van der Waals surface area contributed by atoms with Gasteiger partial charge in [-0.1, -0.05) is 35.0 Å². The molecule has 7 nitrogen and oxygen atoms in total. The Labute approximate surface area is 181 Å². The van der Waals surface area contributed by atoms with Crippen molar-refractivity contribution in [2.24, 2.45) is 0 Å². The zero-order valence-corrected chi connectivity index (χ0v) is 18.3. The fraction of sp³-hybridized carbons (Fsp3) is 0.250. The Bertz CT molecular complexity index is 1290. The molecule has 3 heterocycles. The molecule has 0 unspecified atom stereocenters. The van der Waals surface area contributed by atoms with Crippen molar-refractivity contribution in [3.05, 3.63) is 71.0 Å². The lowest BCUT2D eigenvalue weighted by Gasteiger charge is -2.15. The first-order valence-corrected chi connectivity index (χ1v) is 10.1. The zero-order chi connectivity index (χ0) is 22.1. The topological polar surface area (TPSA) is 85.5 Å². The maximum atomic E-state index is 9.76. The van der Waals surface area contributed by atoms with E-state index in [0.717, 1.165) is 33.9 Å². The lowest BCUT2D eigenvalue weighted by Crippen LogP contribution is -2.11. The van der Waals surface area contributed by atoms with Crippen LogP contribution in [0.2, 0.25) is 0 Å². The Morgan fingerprint density at radius 1 is 1.13 bits per heavy atom. The molecule has 0 saturated heterocycles. The highest BCUT2D eigenvalue weighted by molar-refractivity contribution is 5.87. The number of nitrogens with zero attached hydrogens (tertiary/aromatic N) is 6. The summed E-state index contributed by atoms with van der Waals surface area (Å²) in [5.41, 5.74) is 5.29. The number of aromatic nitrogens is 5. The second kappa shape index (κ2) is 8.07. The number of benzene rings is 1. The summed E-state index contributed by atoms with van der Waals surface area (Å²) in [7, 11) is 0. The third kappa shape index (κ3) is 3.80. The van der Waals surface area contributed by atoms with E-state index in [1.54, 1.807) is 12.3 Å². The normalized spacial score (nSPS) is 11.8. The van der Waals surface area contributed by atoms with Crippen LogP contribution >= 0.6 is 0 Å². The number of hydrogen-bond acceptors (Lipinski definition) is 5. The van der Waals surface area contributed by atoms with E-state index in [1.807, 2.05) is 61.9 Å². The van der Waals surface area contributed by atoms with Gasteiger partial charge in [-0.25, -0.2) is 4.68 Å². The molecule has 0 spiro atoms. The van der Waals surface area contributed by atoms with Gasteiger partial charge in [0, 0.05) is 29.1 Å². The highest BCUT2D eigenvalue weighted by atomic mass is 16.5. The largest absolute Gasteiger partial charge is 0.333 e. The van der Waals surface area contributed by atoms with E-state index in [-0.39, 0.29) is 11.9 Å². The molecule has 0 aliphatic heterocycles. The highest BCUT2D eigenvalue weighted by Crippen LogP contribution is 2.27. The third-order valence-corrected chi connectivity index (χ3v) is 5.22. The Morgan fingerprint density at radius 3 is 2.55 bits per heavy atom. The van der Waals surface area contributed by atoms with Crippen molar-refractivity contribution in [3.63, 3.8) is 0 Å². The van der Waals surface area contributed by atoms with Gasteiger partial charge in [0.15, 0.2) is 0 Å². The summed E-state index contributed by atoms with van der Waals surface area (Å²) in [6.45, 7) is 10.3. The maximum absolute atomic E-state index is 9.76. The van der Waals surface area contributed by atoms with Crippen LogP contribution in [0.3, 0.4) is 0 Å². The first-order valence-electron chi connectivity index (χ1n) is 10.1. The van der Waals surface area contributed by atoms with Crippen LogP contribution in [0.5, 0.6) is 0 Å². The highest BCUT2D eigenvalue weighted by Gasteiger charge is 2.17. The average Bonchev–Trinajstić information content (AvgIpc) is 3.46. The van der Waals surface area contributed by atoms with Gasteiger partial charge in [-0.2, -0.15) is 15.3 Å². The van der Waals surface area contributed by atoms with E-state index < -0.39 is 0 Å². The quantitative estimate of drug-likeness (QED) is 0.416. The molecule has 3 aromatic heterocycles. The Hall–Kier alpha value is -3.92. The van der Waals surface area contributed by atoms with Gasteiger partial charge >= 0.3 is 0 Å². The summed E-state index contributed by atoms with van der Waals surface area (Å²) in [4.78, 5) is 4.43. The second-order valence-corrected chi connectivity index (χ2v) is 7.85. The average molecular weight is 412 g/mol. The minimum atomic E-state index is 0.204. The van der Waals surface area contributed by atoms with Crippen LogP contribution in [-0.4, -0.2) is 24.5 Å². The number of hydrogen-bond donors (Lipinski definition) is 0. The summed E-state index contributed by atoms with van der Waals surface area (Å²) < 4.78 is 9.52. The van der Waals surface area contributed by atoms with Gasteiger partial charge in [-0.15, -0.1) is 0 Å². The van der Waals surface area contributed by atoms with Gasteiger partial charge in [-0.05, 0) is 52.3 Å². The van der Waals surface area contributed by atoms with E-state index in [2.05, 4.69) is 39.7 Å². The number of aryl methyl sites for hydroxylation is 2. The zero-order valence-electron chi connectivity index (χ0n) is 18.3. The molecule has 0 aliphatic carbocycles. The van der Waals surface area contributed by atoms with Crippen LogP contribution in [0.15, 0.2) is 47.1 Å². The van der Waals surface area contributed by atoms with Crippen molar-refractivity contribution in [2.75, 3.05) is 0 Å². The second-order valence-electron chi connectivity index (χ2n) is 7.85. The van der Waals surface area contributed by atoms with Crippen molar-refractivity contribution < 1.29 is 4.52 Å². The molecule has 0 bridgehead atoms. The van der Waals surface area contributed by atoms with Gasteiger partial charge in [-0.3, -0.25) is 0 Å². The molecule has 31 heavy (non-hydrogen) atoms. The van der Waals surface area contributed by atoms with Gasteiger partial charge in [0.2, 0.25) is 5.82 Å². The van der Waals surface area contributed by atoms with Crippen LogP contribution in [0.1, 0.15) is 48.3 Å². The van der Waals surface area contributed by atoms with E-state index in [4.69, 9.17) is 4.52 Å². The minimum Gasteiger partial charge on any atom is -0.333 e. The molecule has 7 heteroatoms. The number of nitriles is 1. The van der Waals surface area contributed by atoms with Crippen molar-refractivity contribution >= 4 is 11.6 Å². The molecular weight excluding hydrogens is 388 g/mol. The Morgan fingerprint density at radius 2 is 1.87 bits per heavy atom. The lowest BCUT2D eigenvalue weighted by molar-refractivity contribution is 0.409. The molecule has 0 fully saturated rings. The Kier molecular flexibility index (Phi) is 5.30. The van der Waals surface area contributed by atoms with E-state index in [1.165, 1.54) is 0 Å². The first-order chi connectivity index (χ1) is 14.9. The molecule has 4 rings (SSSR count). The van der Waals surface area contributed by atoms with Crippen molar-refractivity contribution in [2.45, 2.75) is 40.7 Å². The Balaban J connectivity index is 1.72. The standard InChI is InChI=1S/C24H24N6O/c1-15(2)30-22(10-11-26-30)29-17(4)12-20(18(29)5)13-21(14-25)24-27-23(28-31-24)19-8-6-16(3)7-9-19/h6-13,15H,1-5H3/b21-13+. The van der Waals surface area contributed by atoms with Crippen LogP contribution in [-0.2, 0) is 0 Å². The lowest BCUT2D eigenvalue weighted by atomic mass is 10.1. The fourth-order valence-corrected chi connectivity index (χ4v) is 3.62. The fourth-order valence-electron chi connectivity index (χ4n) is 3.62. The predicted octanol–water partition coefficient (Wildman–Crippen LogP) is 5.29. The molecule has 0 radical (unpaired) electrons. The number of allylic oxidation sites excluding steroid dienone is 1.